The standard InChI is InChI=1S/C16H12BrN3O2/c17-12-5-1-10(2-6-12)14-9-19-20(15(14)18)13-7-3-11(4-8-13)16(21)22/h1-9H,18H2,(H,21,22). The Morgan fingerprint density at radius 2 is 1.73 bits per heavy atom. The van der Waals surface area contributed by atoms with Gasteiger partial charge in [-0.15, -0.1) is 0 Å². The second-order valence-electron chi connectivity index (χ2n) is 4.71. The molecule has 5 nitrogen and oxygen atoms in total. The number of carbonyl (C=O) groups is 1. The lowest BCUT2D eigenvalue weighted by atomic mass is 10.1. The molecule has 0 bridgehead atoms. The van der Waals surface area contributed by atoms with E-state index in [-0.39, 0.29) is 5.56 Å². The van der Waals surface area contributed by atoms with E-state index in [1.54, 1.807) is 23.0 Å². The van der Waals surface area contributed by atoms with Crippen LogP contribution in [0.1, 0.15) is 10.4 Å². The average molecular weight is 358 g/mol. The van der Waals surface area contributed by atoms with Gasteiger partial charge in [0.15, 0.2) is 0 Å². The van der Waals surface area contributed by atoms with Gasteiger partial charge < -0.3 is 10.8 Å². The van der Waals surface area contributed by atoms with E-state index < -0.39 is 5.97 Å². The first-order valence-electron chi connectivity index (χ1n) is 6.49. The first kappa shape index (κ1) is 14.3. The number of aromatic carboxylic acids is 1. The minimum atomic E-state index is -0.962. The molecule has 110 valence electrons. The molecule has 2 aromatic carbocycles. The van der Waals surface area contributed by atoms with Gasteiger partial charge in [0.25, 0.3) is 0 Å². The Morgan fingerprint density at radius 3 is 2.32 bits per heavy atom. The Morgan fingerprint density at radius 1 is 1.09 bits per heavy atom. The number of carboxylic acid groups (broad SMARTS) is 1. The largest absolute Gasteiger partial charge is 0.478 e. The molecule has 22 heavy (non-hydrogen) atoms. The lowest BCUT2D eigenvalue weighted by Gasteiger charge is -2.06. The molecule has 6 heteroatoms. The van der Waals surface area contributed by atoms with Crippen molar-refractivity contribution in [2.75, 3.05) is 5.73 Å². The Hall–Kier alpha value is -2.60. The van der Waals surface area contributed by atoms with Gasteiger partial charge in [0.1, 0.15) is 5.82 Å². The lowest BCUT2D eigenvalue weighted by molar-refractivity contribution is 0.0697. The summed E-state index contributed by atoms with van der Waals surface area (Å²) in [5.41, 5.74) is 8.91. The highest BCUT2D eigenvalue weighted by Crippen LogP contribution is 2.28. The molecule has 1 heterocycles. The number of anilines is 1. The number of hydrogen-bond donors (Lipinski definition) is 2. The van der Waals surface area contributed by atoms with Gasteiger partial charge in [-0.05, 0) is 42.0 Å². The van der Waals surface area contributed by atoms with Crippen LogP contribution >= 0.6 is 15.9 Å². The zero-order valence-electron chi connectivity index (χ0n) is 11.4. The van der Waals surface area contributed by atoms with Crippen molar-refractivity contribution < 1.29 is 9.90 Å². The number of nitrogen functional groups attached to an aromatic ring is 1. The number of rotatable bonds is 3. The number of benzene rings is 2. The van der Waals surface area contributed by atoms with Gasteiger partial charge in [0, 0.05) is 10.0 Å². The summed E-state index contributed by atoms with van der Waals surface area (Å²) in [6.45, 7) is 0. The van der Waals surface area contributed by atoms with Gasteiger partial charge in [-0.25, -0.2) is 9.48 Å². The van der Waals surface area contributed by atoms with E-state index in [9.17, 15) is 4.79 Å². The molecular weight excluding hydrogens is 346 g/mol. The number of nitrogens with zero attached hydrogens (tertiary/aromatic N) is 2. The molecule has 0 amide bonds. The fraction of sp³-hybridized carbons (Fsp3) is 0. The highest BCUT2D eigenvalue weighted by atomic mass is 79.9. The normalized spacial score (nSPS) is 10.6. The minimum absolute atomic E-state index is 0.225. The summed E-state index contributed by atoms with van der Waals surface area (Å²) in [4.78, 5) is 10.9. The van der Waals surface area contributed by atoms with E-state index in [0.29, 0.717) is 11.5 Å². The molecular formula is C16H12BrN3O2. The first-order valence-corrected chi connectivity index (χ1v) is 7.29. The molecule has 0 fully saturated rings. The quantitative estimate of drug-likeness (QED) is 0.750. The fourth-order valence-corrected chi connectivity index (χ4v) is 2.43. The highest BCUT2D eigenvalue weighted by Gasteiger charge is 2.11. The number of aromatic nitrogens is 2. The third-order valence-corrected chi connectivity index (χ3v) is 3.85. The molecule has 0 aliphatic heterocycles. The molecule has 3 N–H and O–H groups in total. The van der Waals surface area contributed by atoms with Crippen LogP contribution in [0.5, 0.6) is 0 Å². The van der Waals surface area contributed by atoms with Crippen molar-refractivity contribution in [3.63, 3.8) is 0 Å². The van der Waals surface area contributed by atoms with Gasteiger partial charge in [0.05, 0.1) is 17.4 Å². The third kappa shape index (κ3) is 2.60. The Kier molecular flexibility index (Phi) is 3.68. The van der Waals surface area contributed by atoms with Gasteiger partial charge >= 0.3 is 5.97 Å². The van der Waals surface area contributed by atoms with Crippen molar-refractivity contribution in [2.24, 2.45) is 0 Å². The van der Waals surface area contributed by atoms with E-state index in [1.807, 2.05) is 24.3 Å². The second kappa shape index (κ2) is 5.65. The van der Waals surface area contributed by atoms with Crippen molar-refractivity contribution in [1.82, 2.24) is 9.78 Å². The summed E-state index contributed by atoms with van der Waals surface area (Å²) >= 11 is 3.40. The zero-order chi connectivity index (χ0) is 15.7. The number of nitrogens with two attached hydrogens (primary N) is 1. The van der Waals surface area contributed by atoms with Crippen LogP contribution in [0, 0.1) is 0 Å². The summed E-state index contributed by atoms with van der Waals surface area (Å²) in [5.74, 6) is -0.457. The predicted molar refractivity (Wildman–Crippen MR) is 88.1 cm³/mol. The van der Waals surface area contributed by atoms with Crippen molar-refractivity contribution in [1.29, 1.82) is 0 Å². The smallest absolute Gasteiger partial charge is 0.335 e. The number of halogens is 1. The topological polar surface area (TPSA) is 81.1 Å². The Bertz CT molecular complexity index is 824. The van der Waals surface area contributed by atoms with Crippen LogP contribution in [-0.2, 0) is 0 Å². The zero-order valence-corrected chi connectivity index (χ0v) is 13.0. The van der Waals surface area contributed by atoms with Crippen LogP contribution in [0.3, 0.4) is 0 Å². The van der Waals surface area contributed by atoms with Crippen molar-refractivity contribution in [2.45, 2.75) is 0 Å². The summed E-state index contributed by atoms with van der Waals surface area (Å²) in [6.07, 6.45) is 1.70. The van der Waals surface area contributed by atoms with Gasteiger partial charge in [-0.1, -0.05) is 28.1 Å². The maximum Gasteiger partial charge on any atom is 0.335 e. The molecule has 3 rings (SSSR count). The lowest BCUT2D eigenvalue weighted by Crippen LogP contribution is -2.03. The van der Waals surface area contributed by atoms with Crippen LogP contribution in [0.2, 0.25) is 0 Å². The van der Waals surface area contributed by atoms with Gasteiger partial charge in [0.2, 0.25) is 0 Å². The highest BCUT2D eigenvalue weighted by molar-refractivity contribution is 9.10. The molecule has 0 radical (unpaired) electrons. The molecule has 3 aromatic rings. The average Bonchev–Trinajstić information content (AvgIpc) is 2.90. The van der Waals surface area contributed by atoms with Crippen LogP contribution in [0.4, 0.5) is 5.82 Å². The second-order valence-corrected chi connectivity index (χ2v) is 5.63. The van der Waals surface area contributed by atoms with Crippen LogP contribution in [0.25, 0.3) is 16.8 Å². The molecule has 0 spiro atoms. The molecule has 0 aliphatic rings. The third-order valence-electron chi connectivity index (χ3n) is 3.32. The van der Waals surface area contributed by atoms with Crippen molar-refractivity contribution >= 4 is 27.7 Å². The van der Waals surface area contributed by atoms with Crippen LogP contribution in [-0.4, -0.2) is 20.9 Å². The molecule has 0 aliphatic carbocycles. The first-order chi connectivity index (χ1) is 10.6. The Labute approximate surface area is 135 Å². The molecule has 0 saturated heterocycles. The summed E-state index contributed by atoms with van der Waals surface area (Å²) in [7, 11) is 0. The summed E-state index contributed by atoms with van der Waals surface area (Å²) in [6, 6.07) is 14.2. The van der Waals surface area contributed by atoms with E-state index in [0.717, 1.165) is 15.6 Å². The Balaban J connectivity index is 1.99. The maximum atomic E-state index is 10.9. The van der Waals surface area contributed by atoms with E-state index in [1.165, 1.54) is 12.1 Å². The van der Waals surface area contributed by atoms with Crippen LogP contribution in [0.15, 0.2) is 59.2 Å². The monoisotopic (exact) mass is 357 g/mol. The van der Waals surface area contributed by atoms with Crippen molar-refractivity contribution in [3.05, 3.63) is 64.8 Å². The van der Waals surface area contributed by atoms with Crippen LogP contribution < -0.4 is 5.73 Å². The SMILES string of the molecule is Nc1c(-c2ccc(Br)cc2)cnn1-c1ccc(C(=O)O)cc1. The van der Waals surface area contributed by atoms with Gasteiger partial charge in [-0.2, -0.15) is 5.10 Å². The summed E-state index contributed by atoms with van der Waals surface area (Å²) < 4.78 is 2.58. The predicted octanol–water partition coefficient (Wildman–Crippen LogP) is 3.58. The van der Waals surface area contributed by atoms with E-state index in [4.69, 9.17) is 10.8 Å². The fourth-order valence-electron chi connectivity index (χ4n) is 2.16. The van der Waals surface area contributed by atoms with E-state index in [2.05, 4.69) is 21.0 Å². The molecule has 1 aromatic heterocycles. The van der Waals surface area contributed by atoms with Gasteiger partial charge in [-0.3, -0.25) is 0 Å². The number of hydrogen-bond acceptors (Lipinski definition) is 3. The minimum Gasteiger partial charge on any atom is -0.478 e. The molecule has 0 saturated carbocycles. The van der Waals surface area contributed by atoms with Crippen molar-refractivity contribution in [3.8, 4) is 16.8 Å². The van der Waals surface area contributed by atoms with E-state index >= 15 is 0 Å². The maximum absolute atomic E-state index is 10.9. The molecule has 0 atom stereocenters. The summed E-state index contributed by atoms with van der Waals surface area (Å²) in [5, 5.41) is 13.2. The molecule has 0 unspecified atom stereocenters. The number of carboxylic acids is 1.